The Labute approximate surface area is 197 Å². The Morgan fingerprint density at radius 2 is 1.47 bits per heavy atom. The minimum atomic E-state index is -4.13. The molecule has 32 heavy (non-hydrogen) atoms. The highest BCUT2D eigenvalue weighted by atomic mass is 31.2. The van der Waals surface area contributed by atoms with Crippen LogP contribution in [0.3, 0.4) is 0 Å². The van der Waals surface area contributed by atoms with Gasteiger partial charge in [0, 0.05) is 0 Å². The van der Waals surface area contributed by atoms with Crippen LogP contribution in [0.2, 0.25) is 0 Å². The van der Waals surface area contributed by atoms with Crippen molar-refractivity contribution in [1.82, 2.24) is 5.32 Å². The van der Waals surface area contributed by atoms with Gasteiger partial charge in [-0.3, -0.25) is 9.05 Å². The van der Waals surface area contributed by atoms with Crippen molar-refractivity contribution in [2.45, 2.75) is 96.1 Å². The monoisotopic (exact) mass is 479 g/mol. The van der Waals surface area contributed by atoms with Gasteiger partial charge in [-0.2, -0.15) is 0 Å². The Hall–Kier alpha value is -0.270. The minimum absolute atomic E-state index is 0.112. The summed E-state index contributed by atoms with van der Waals surface area (Å²) in [7, 11) is 3.48. The smallest absolute Gasteiger partial charge is 0.387 e. The third kappa shape index (κ3) is 20.3. The van der Waals surface area contributed by atoms with Crippen LogP contribution in [0.1, 0.15) is 84.0 Å². The molecule has 0 fully saturated rings. The SMILES string of the molecule is CCCCCCCCCCCCC/C=C/[C@@H](O)[C@H](COP(=O)(O)OCC[N+](C)(C)C)NC. The highest BCUT2D eigenvalue weighted by molar-refractivity contribution is 7.47. The van der Waals surface area contributed by atoms with Gasteiger partial charge < -0.3 is 19.8 Å². The second-order valence-corrected chi connectivity index (χ2v) is 11.2. The topological polar surface area (TPSA) is 88.0 Å². The van der Waals surface area contributed by atoms with E-state index in [0.717, 1.165) is 12.8 Å². The van der Waals surface area contributed by atoms with Crippen LogP contribution < -0.4 is 5.32 Å². The quantitative estimate of drug-likeness (QED) is 0.0873. The van der Waals surface area contributed by atoms with Crippen molar-refractivity contribution < 1.29 is 28.1 Å². The number of aliphatic hydroxyl groups is 1. The molecule has 0 heterocycles. The molecule has 0 amide bonds. The van der Waals surface area contributed by atoms with E-state index >= 15 is 0 Å². The number of unbranched alkanes of at least 4 members (excludes halogenated alkanes) is 11. The first-order valence-electron chi connectivity index (χ1n) is 12.6. The van der Waals surface area contributed by atoms with Crippen LogP contribution in [-0.2, 0) is 13.6 Å². The summed E-state index contributed by atoms with van der Waals surface area (Å²) in [6, 6.07) is -0.481. The lowest BCUT2D eigenvalue weighted by molar-refractivity contribution is -0.870. The number of likely N-dealkylation sites (N-methyl/N-ethyl adjacent to an activating group) is 2. The van der Waals surface area contributed by atoms with E-state index in [-0.39, 0.29) is 13.2 Å². The average Bonchev–Trinajstić information content (AvgIpc) is 2.70. The van der Waals surface area contributed by atoms with Crippen molar-refractivity contribution >= 4 is 7.82 Å². The van der Waals surface area contributed by atoms with Crippen LogP contribution in [0.25, 0.3) is 0 Å². The molecule has 0 rings (SSSR count). The van der Waals surface area contributed by atoms with Crippen LogP contribution in [0.5, 0.6) is 0 Å². The molecule has 0 spiro atoms. The summed E-state index contributed by atoms with van der Waals surface area (Å²) in [5, 5.41) is 13.3. The van der Waals surface area contributed by atoms with Gasteiger partial charge in [0.15, 0.2) is 0 Å². The van der Waals surface area contributed by atoms with Crippen LogP contribution in [0.15, 0.2) is 12.2 Å². The highest BCUT2D eigenvalue weighted by Gasteiger charge is 2.26. The fourth-order valence-corrected chi connectivity index (χ4v) is 4.03. The lowest BCUT2D eigenvalue weighted by Crippen LogP contribution is -2.40. The zero-order valence-electron chi connectivity index (χ0n) is 21.4. The first-order valence-corrected chi connectivity index (χ1v) is 14.0. The van der Waals surface area contributed by atoms with Crippen molar-refractivity contribution in [3.8, 4) is 0 Å². The molecular formula is C24H52N2O5P+. The molecule has 0 radical (unpaired) electrons. The predicted octanol–water partition coefficient (Wildman–Crippen LogP) is 5.03. The van der Waals surface area contributed by atoms with Crippen LogP contribution in [-0.4, -0.2) is 74.6 Å². The number of hydrogen-bond donors (Lipinski definition) is 3. The molecule has 192 valence electrons. The van der Waals surface area contributed by atoms with E-state index in [4.69, 9.17) is 9.05 Å². The highest BCUT2D eigenvalue weighted by Crippen LogP contribution is 2.43. The molecule has 0 aromatic heterocycles. The Bertz CT molecular complexity index is 511. The Balaban J connectivity index is 3.89. The Morgan fingerprint density at radius 3 is 1.97 bits per heavy atom. The van der Waals surface area contributed by atoms with Crippen LogP contribution in [0.4, 0.5) is 0 Å². The fraction of sp³-hybridized carbons (Fsp3) is 0.917. The molecule has 1 unspecified atom stereocenters. The van der Waals surface area contributed by atoms with Crippen LogP contribution >= 0.6 is 7.82 Å². The first kappa shape index (κ1) is 31.7. The Morgan fingerprint density at radius 1 is 0.938 bits per heavy atom. The lowest BCUT2D eigenvalue weighted by atomic mass is 10.0. The molecule has 3 N–H and O–H groups in total. The van der Waals surface area contributed by atoms with Crippen molar-refractivity contribution in [3.05, 3.63) is 12.2 Å². The molecule has 0 aliphatic rings. The molecule has 7 nitrogen and oxygen atoms in total. The maximum Gasteiger partial charge on any atom is 0.472 e. The molecule has 3 atom stereocenters. The zero-order chi connectivity index (χ0) is 24.3. The summed E-state index contributed by atoms with van der Waals surface area (Å²) in [6.45, 7) is 2.86. The molecule has 8 heteroatoms. The Kier molecular flexibility index (Phi) is 18.9. The van der Waals surface area contributed by atoms with E-state index in [0.29, 0.717) is 11.0 Å². The third-order valence-electron chi connectivity index (χ3n) is 5.52. The number of nitrogens with one attached hydrogen (secondary N) is 1. The minimum Gasteiger partial charge on any atom is -0.387 e. The number of phosphoric acid groups is 1. The van der Waals surface area contributed by atoms with Gasteiger partial charge in [0.05, 0.1) is 39.9 Å². The second-order valence-electron chi connectivity index (χ2n) is 9.75. The summed E-state index contributed by atoms with van der Waals surface area (Å²) in [6.07, 6.45) is 18.3. The van der Waals surface area contributed by atoms with Crippen molar-refractivity contribution in [1.29, 1.82) is 0 Å². The molecule has 0 aliphatic carbocycles. The van der Waals surface area contributed by atoms with Gasteiger partial charge >= 0.3 is 7.82 Å². The fourth-order valence-electron chi connectivity index (χ4n) is 3.29. The third-order valence-corrected chi connectivity index (χ3v) is 6.51. The largest absolute Gasteiger partial charge is 0.472 e. The summed E-state index contributed by atoms with van der Waals surface area (Å²) < 4.78 is 22.7. The van der Waals surface area contributed by atoms with E-state index in [2.05, 4.69) is 12.2 Å². The zero-order valence-corrected chi connectivity index (χ0v) is 22.3. The van der Waals surface area contributed by atoms with Crippen molar-refractivity contribution in [3.63, 3.8) is 0 Å². The number of nitrogens with zero attached hydrogens (tertiary/aromatic N) is 1. The number of rotatable bonds is 22. The number of quaternary nitrogens is 1. The molecule has 0 aromatic carbocycles. The van der Waals surface area contributed by atoms with E-state index in [1.54, 1.807) is 13.1 Å². The van der Waals surface area contributed by atoms with E-state index in [1.165, 1.54) is 64.2 Å². The molecule has 0 aromatic rings. The maximum absolute atomic E-state index is 12.0. The normalized spacial score (nSPS) is 16.3. The van der Waals surface area contributed by atoms with Gasteiger partial charge in [0.25, 0.3) is 0 Å². The average molecular weight is 480 g/mol. The van der Waals surface area contributed by atoms with Gasteiger partial charge in [-0.15, -0.1) is 0 Å². The molecule has 0 saturated heterocycles. The van der Waals surface area contributed by atoms with Crippen LogP contribution in [0, 0.1) is 0 Å². The maximum atomic E-state index is 12.0. The summed E-state index contributed by atoms with van der Waals surface area (Å²) >= 11 is 0. The molecule has 0 saturated carbocycles. The molecular weight excluding hydrogens is 427 g/mol. The summed E-state index contributed by atoms with van der Waals surface area (Å²) in [5.41, 5.74) is 0. The predicted molar refractivity (Wildman–Crippen MR) is 134 cm³/mol. The number of aliphatic hydroxyl groups excluding tert-OH is 1. The van der Waals surface area contributed by atoms with Gasteiger partial charge in [-0.1, -0.05) is 83.3 Å². The number of allylic oxidation sites excluding steroid dienone is 1. The van der Waals surface area contributed by atoms with E-state index in [1.807, 2.05) is 27.2 Å². The van der Waals surface area contributed by atoms with E-state index in [9.17, 15) is 14.6 Å². The van der Waals surface area contributed by atoms with Crippen molar-refractivity contribution in [2.75, 3.05) is 47.9 Å². The standard InChI is InChI=1S/C24H51N2O5P/c1-6-7-8-9-10-11-12-13-14-15-16-17-18-19-24(27)23(25-2)22-31-32(28,29)30-21-20-26(3,4)5/h18-19,23-25,27H,6-17,20-22H2,1-5H3/p+1/b19-18+/t23-,24+/m0/s1. The second kappa shape index (κ2) is 19.1. The summed E-state index contributed by atoms with van der Waals surface area (Å²) in [5.74, 6) is 0. The van der Waals surface area contributed by atoms with Gasteiger partial charge in [0.2, 0.25) is 0 Å². The van der Waals surface area contributed by atoms with Crippen molar-refractivity contribution in [2.24, 2.45) is 0 Å². The lowest BCUT2D eigenvalue weighted by Gasteiger charge is -2.25. The number of hydrogen-bond acceptors (Lipinski definition) is 5. The van der Waals surface area contributed by atoms with E-state index < -0.39 is 20.0 Å². The first-order chi connectivity index (χ1) is 15.1. The van der Waals surface area contributed by atoms with Gasteiger partial charge in [-0.05, 0) is 19.9 Å². The molecule has 0 aliphatic heterocycles. The molecule has 0 bridgehead atoms. The number of phosphoric ester groups is 1. The van der Waals surface area contributed by atoms with Gasteiger partial charge in [0.1, 0.15) is 13.2 Å². The van der Waals surface area contributed by atoms with Gasteiger partial charge in [-0.25, -0.2) is 4.57 Å². The summed E-state index contributed by atoms with van der Waals surface area (Å²) in [4.78, 5) is 9.81.